The summed E-state index contributed by atoms with van der Waals surface area (Å²) in [5, 5.41) is 12.0. The van der Waals surface area contributed by atoms with Crippen molar-refractivity contribution in [1.29, 1.82) is 0 Å². The minimum absolute atomic E-state index is 0.319. The summed E-state index contributed by atoms with van der Waals surface area (Å²) in [5.41, 5.74) is 0. The average molecular weight is 376 g/mol. The third-order valence-electron chi connectivity index (χ3n) is 2.16. The van der Waals surface area contributed by atoms with E-state index in [0.29, 0.717) is 16.1 Å². The molecule has 0 radical (unpaired) electrons. The zero-order valence-corrected chi connectivity index (χ0v) is 12.1. The lowest BCUT2D eigenvalue weighted by molar-refractivity contribution is -0.138. The van der Waals surface area contributed by atoms with Crippen molar-refractivity contribution in [2.75, 3.05) is 5.32 Å². The fourth-order valence-electron chi connectivity index (χ4n) is 1.37. The van der Waals surface area contributed by atoms with Gasteiger partial charge in [-0.15, -0.1) is 0 Å². The Hall–Kier alpha value is -1.34. The van der Waals surface area contributed by atoms with Gasteiger partial charge in [0, 0.05) is 10.7 Å². The summed E-state index contributed by atoms with van der Waals surface area (Å²) >= 11 is 6.58. The van der Waals surface area contributed by atoms with Crippen molar-refractivity contribution in [1.82, 2.24) is 4.98 Å². The molecule has 1 unspecified atom stereocenters. The zero-order chi connectivity index (χ0) is 13.1. The van der Waals surface area contributed by atoms with E-state index in [-0.39, 0.29) is 0 Å². The minimum atomic E-state index is -1.04. The van der Waals surface area contributed by atoms with E-state index in [4.69, 9.17) is 4.42 Å². The quantitative estimate of drug-likeness (QED) is 0.856. The summed E-state index contributed by atoms with van der Waals surface area (Å²) in [4.78, 5) is 15.3. The van der Waals surface area contributed by atoms with Gasteiger partial charge in [0.25, 0.3) is 0 Å². The molecule has 2 N–H and O–H groups in total. The number of anilines is 1. The van der Waals surface area contributed by atoms with Crippen LogP contribution in [-0.2, 0) is 4.79 Å². The van der Waals surface area contributed by atoms with Crippen LogP contribution in [0.3, 0.4) is 0 Å². The van der Waals surface area contributed by atoms with E-state index in [1.807, 2.05) is 0 Å². The highest BCUT2D eigenvalue weighted by molar-refractivity contribution is 9.11. The maximum absolute atomic E-state index is 11.2. The van der Waals surface area contributed by atoms with Crippen molar-refractivity contribution in [3.8, 4) is 0 Å². The number of pyridine rings is 1. The number of furan rings is 1. The van der Waals surface area contributed by atoms with Crippen LogP contribution in [0.15, 0.2) is 44.0 Å². The van der Waals surface area contributed by atoms with Crippen molar-refractivity contribution in [2.45, 2.75) is 6.04 Å². The SMILES string of the molecule is O=C(O)C(Nc1ncc(Br)cc1Br)c1ccco1. The number of halogens is 2. The van der Waals surface area contributed by atoms with E-state index >= 15 is 0 Å². The van der Waals surface area contributed by atoms with E-state index < -0.39 is 12.0 Å². The predicted octanol–water partition coefficient (Wildman–Crippen LogP) is 3.44. The molecule has 5 nitrogen and oxygen atoms in total. The van der Waals surface area contributed by atoms with E-state index in [2.05, 4.69) is 42.2 Å². The summed E-state index contributed by atoms with van der Waals surface area (Å²) in [5.74, 6) is -0.289. The molecule has 0 aliphatic rings. The molecule has 2 heterocycles. The lowest BCUT2D eigenvalue weighted by Gasteiger charge is -2.13. The van der Waals surface area contributed by atoms with E-state index in [0.717, 1.165) is 4.47 Å². The first kappa shape index (κ1) is 13.1. The van der Waals surface area contributed by atoms with Crippen molar-refractivity contribution < 1.29 is 14.3 Å². The Kier molecular flexibility index (Phi) is 4.03. The first-order chi connectivity index (χ1) is 8.58. The second-order valence-electron chi connectivity index (χ2n) is 3.41. The number of hydrogen-bond donors (Lipinski definition) is 2. The number of aromatic nitrogens is 1. The molecule has 1 atom stereocenters. The number of rotatable bonds is 4. The van der Waals surface area contributed by atoms with Crippen LogP contribution in [0.2, 0.25) is 0 Å². The van der Waals surface area contributed by atoms with Crippen molar-refractivity contribution >= 4 is 43.6 Å². The standard InChI is InChI=1S/C11H8Br2N2O3/c12-6-4-7(13)10(14-5-6)15-9(11(16)17)8-2-1-3-18-8/h1-5,9H,(H,14,15)(H,16,17). The Labute approximate surface area is 119 Å². The van der Waals surface area contributed by atoms with Crippen LogP contribution in [0, 0.1) is 0 Å². The van der Waals surface area contributed by atoms with Gasteiger partial charge in [0.15, 0.2) is 6.04 Å². The molecule has 0 saturated heterocycles. The van der Waals surface area contributed by atoms with Crippen LogP contribution in [0.4, 0.5) is 5.82 Å². The lowest BCUT2D eigenvalue weighted by Crippen LogP contribution is -2.20. The van der Waals surface area contributed by atoms with Crippen molar-refractivity contribution in [3.05, 3.63) is 45.4 Å². The van der Waals surface area contributed by atoms with Gasteiger partial charge in [-0.05, 0) is 50.1 Å². The van der Waals surface area contributed by atoms with Crippen LogP contribution < -0.4 is 5.32 Å². The van der Waals surface area contributed by atoms with Crippen LogP contribution in [0.25, 0.3) is 0 Å². The van der Waals surface area contributed by atoms with Gasteiger partial charge in [0.2, 0.25) is 0 Å². The van der Waals surface area contributed by atoms with Crippen molar-refractivity contribution in [2.24, 2.45) is 0 Å². The van der Waals surface area contributed by atoms with Gasteiger partial charge in [-0.2, -0.15) is 0 Å². The van der Waals surface area contributed by atoms with Gasteiger partial charge in [0.1, 0.15) is 11.6 Å². The fraction of sp³-hybridized carbons (Fsp3) is 0.0909. The first-order valence-corrected chi connectivity index (χ1v) is 6.50. The van der Waals surface area contributed by atoms with Gasteiger partial charge in [-0.3, -0.25) is 0 Å². The summed E-state index contributed by atoms with van der Waals surface area (Å²) < 4.78 is 6.55. The largest absolute Gasteiger partial charge is 0.479 e. The third-order valence-corrected chi connectivity index (χ3v) is 3.20. The Morgan fingerprint density at radius 3 is 2.83 bits per heavy atom. The van der Waals surface area contributed by atoms with Gasteiger partial charge < -0.3 is 14.8 Å². The number of nitrogens with zero attached hydrogens (tertiary/aromatic N) is 1. The molecule has 0 fully saturated rings. The topological polar surface area (TPSA) is 75.4 Å². The summed E-state index contributed by atoms with van der Waals surface area (Å²) in [6, 6.07) is 4.02. The molecule has 0 amide bonds. The average Bonchev–Trinajstić information content (AvgIpc) is 2.80. The highest BCUT2D eigenvalue weighted by atomic mass is 79.9. The molecule has 2 rings (SSSR count). The predicted molar refractivity (Wildman–Crippen MR) is 72.3 cm³/mol. The summed E-state index contributed by atoms with van der Waals surface area (Å²) in [6.45, 7) is 0. The molecule has 18 heavy (non-hydrogen) atoms. The number of carboxylic acids is 1. The van der Waals surface area contributed by atoms with Gasteiger partial charge in [-0.25, -0.2) is 9.78 Å². The van der Waals surface area contributed by atoms with Gasteiger partial charge in [-0.1, -0.05) is 0 Å². The fourth-order valence-corrected chi connectivity index (χ4v) is 2.47. The van der Waals surface area contributed by atoms with Crippen molar-refractivity contribution in [3.63, 3.8) is 0 Å². The third kappa shape index (κ3) is 2.91. The van der Waals surface area contributed by atoms with Gasteiger partial charge >= 0.3 is 5.97 Å². The van der Waals surface area contributed by atoms with E-state index in [1.165, 1.54) is 6.26 Å². The molecular weight excluding hydrogens is 368 g/mol. The molecule has 2 aromatic heterocycles. The number of carboxylic acid groups (broad SMARTS) is 1. The molecule has 0 bridgehead atoms. The molecule has 94 valence electrons. The minimum Gasteiger partial charge on any atom is -0.479 e. The summed E-state index contributed by atoms with van der Waals surface area (Å²) in [7, 11) is 0. The van der Waals surface area contributed by atoms with Crippen LogP contribution >= 0.6 is 31.9 Å². The van der Waals surface area contributed by atoms with Crippen LogP contribution in [-0.4, -0.2) is 16.1 Å². The van der Waals surface area contributed by atoms with E-state index in [1.54, 1.807) is 24.4 Å². The number of hydrogen-bond acceptors (Lipinski definition) is 4. The highest BCUT2D eigenvalue weighted by Crippen LogP contribution is 2.27. The molecule has 2 aromatic rings. The number of nitrogens with one attached hydrogen (secondary N) is 1. The molecule has 0 spiro atoms. The number of aliphatic carboxylic acids is 1. The Balaban J connectivity index is 2.27. The molecule has 0 aromatic carbocycles. The van der Waals surface area contributed by atoms with Crippen LogP contribution in [0.1, 0.15) is 11.8 Å². The summed E-state index contributed by atoms with van der Waals surface area (Å²) in [6.07, 6.45) is 3.01. The molecular formula is C11H8Br2N2O3. The van der Waals surface area contributed by atoms with Gasteiger partial charge in [0.05, 0.1) is 10.7 Å². The van der Waals surface area contributed by atoms with Crippen LogP contribution in [0.5, 0.6) is 0 Å². The maximum atomic E-state index is 11.2. The second kappa shape index (κ2) is 5.53. The smallest absolute Gasteiger partial charge is 0.334 e. The monoisotopic (exact) mass is 374 g/mol. The number of carbonyl (C=O) groups is 1. The molecule has 0 aliphatic heterocycles. The maximum Gasteiger partial charge on any atom is 0.334 e. The highest BCUT2D eigenvalue weighted by Gasteiger charge is 2.23. The first-order valence-electron chi connectivity index (χ1n) is 4.91. The second-order valence-corrected chi connectivity index (χ2v) is 5.18. The Morgan fingerprint density at radius 1 is 1.50 bits per heavy atom. The Morgan fingerprint density at radius 2 is 2.28 bits per heavy atom. The lowest BCUT2D eigenvalue weighted by atomic mass is 10.2. The normalized spacial score (nSPS) is 12.1. The molecule has 0 saturated carbocycles. The zero-order valence-electron chi connectivity index (χ0n) is 8.93. The molecule has 0 aliphatic carbocycles. The molecule has 7 heteroatoms. The Bertz CT molecular complexity index is 557. The van der Waals surface area contributed by atoms with E-state index in [9.17, 15) is 9.90 Å².